The van der Waals surface area contributed by atoms with Crippen molar-refractivity contribution in [2.24, 2.45) is 13.0 Å². The minimum absolute atomic E-state index is 0.252. The number of hydrogen-bond acceptors (Lipinski definition) is 6. The summed E-state index contributed by atoms with van der Waals surface area (Å²) < 4.78 is 15.6. The molecule has 1 atom stereocenters. The van der Waals surface area contributed by atoms with Gasteiger partial charge in [0.05, 0.1) is 19.9 Å². The first-order valence-electron chi connectivity index (χ1n) is 9.60. The van der Waals surface area contributed by atoms with Crippen LogP contribution < -0.4 is 25.6 Å². The van der Waals surface area contributed by atoms with Gasteiger partial charge in [0.1, 0.15) is 11.5 Å². The minimum atomic E-state index is -0.362. The van der Waals surface area contributed by atoms with E-state index in [2.05, 4.69) is 6.92 Å². The van der Waals surface area contributed by atoms with Crippen molar-refractivity contribution in [1.82, 2.24) is 18.7 Å². The molecule has 0 aliphatic carbocycles. The summed E-state index contributed by atoms with van der Waals surface area (Å²) in [5, 5.41) is 0. The van der Waals surface area contributed by atoms with Gasteiger partial charge in [-0.25, -0.2) is 4.79 Å². The molecular formula is C20H25N5O4. The second-order valence-electron chi connectivity index (χ2n) is 7.34. The molecule has 154 valence electrons. The Balaban J connectivity index is 2.04. The van der Waals surface area contributed by atoms with Crippen molar-refractivity contribution in [1.29, 1.82) is 0 Å². The molecule has 9 nitrogen and oxygen atoms in total. The smallest absolute Gasteiger partial charge is 0.332 e. The number of imidazole rings is 1. The van der Waals surface area contributed by atoms with E-state index in [0.717, 1.165) is 5.69 Å². The second-order valence-corrected chi connectivity index (χ2v) is 7.34. The Hall–Kier alpha value is -3.23. The Bertz CT molecular complexity index is 1210. The molecule has 1 aromatic carbocycles. The van der Waals surface area contributed by atoms with E-state index in [1.165, 1.54) is 9.13 Å². The fourth-order valence-electron chi connectivity index (χ4n) is 3.99. The quantitative estimate of drug-likeness (QED) is 0.664. The summed E-state index contributed by atoms with van der Waals surface area (Å²) in [4.78, 5) is 32.4. The standard InChI is InChI=1S/C20H25N5O4/c1-6-23-18(26)16-17(22(3)20(23)27)21-19-24(10-12(2)11-25(16)19)14-9-13(28-4)7-8-15(14)29-5/h7-9,12H,6,10-11H2,1-5H3/t12-/m0/s1. The lowest BCUT2D eigenvalue weighted by atomic mass is 10.1. The number of anilines is 2. The molecule has 0 saturated carbocycles. The number of nitrogens with zero attached hydrogens (tertiary/aromatic N) is 5. The number of aromatic nitrogens is 4. The Morgan fingerprint density at radius 1 is 1.17 bits per heavy atom. The van der Waals surface area contributed by atoms with Gasteiger partial charge in [-0.15, -0.1) is 0 Å². The van der Waals surface area contributed by atoms with Crippen LogP contribution in [-0.2, 0) is 20.1 Å². The average molecular weight is 399 g/mol. The summed E-state index contributed by atoms with van der Waals surface area (Å²) in [5.41, 5.74) is 0.966. The Morgan fingerprint density at radius 3 is 2.59 bits per heavy atom. The normalized spacial score (nSPS) is 16.2. The van der Waals surface area contributed by atoms with Gasteiger partial charge in [0, 0.05) is 32.7 Å². The highest BCUT2D eigenvalue weighted by atomic mass is 16.5. The predicted molar refractivity (Wildman–Crippen MR) is 111 cm³/mol. The van der Waals surface area contributed by atoms with Gasteiger partial charge >= 0.3 is 5.69 Å². The van der Waals surface area contributed by atoms with Gasteiger partial charge in [0.15, 0.2) is 11.2 Å². The van der Waals surface area contributed by atoms with Crippen LogP contribution in [0.4, 0.5) is 11.6 Å². The van der Waals surface area contributed by atoms with Crippen molar-refractivity contribution in [3.63, 3.8) is 0 Å². The zero-order valence-corrected chi connectivity index (χ0v) is 17.3. The zero-order valence-electron chi connectivity index (χ0n) is 17.3. The fraction of sp³-hybridized carbons (Fsp3) is 0.450. The highest BCUT2D eigenvalue weighted by Gasteiger charge is 2.31. The highest BCUT2D eigenvalue weighted by Crippen LogP contribution is 2.39. The van der Waals surface area contributed by atoms with Crippen molar-refractivity contribution in [2.45, 2.75) is 26.9 Å². The maximum Gasteiger partial charge on any atom is 0.332 e. The first-order valence-corrected chi connectivity index (χ1v) is 9.60. The molecule has 0 saturated heterocycles. The van der Waals surface area contributed by atoms with Crippen molar-refractivity contribution in [2.75, 3.05) is 25.7 Å². The van der Waals surface area contributed by atoms with E-state index in [4.69, 9.17) is 14.5 Å². The molecule has 0 amide bonds. The fourth-order valence-corrected chi connectivity index (χ4v) is 3.99. The van der Waals surface area contributed by atoms with Crippen molar-refractivity contribution >= 4 is 22.8 Å². The maximum absolute atomic E-state index is 13.1. The molecule has 1 aliphatic rings. The number of hydrogen-bond donors (Lipinski definition) is 0. The molecule has 9 heteroatoms. The predicted octanol–water partition coefficient (Wildman–Crippen LogP) is 1.72. The van der Waals surface area contributed by atoms with Gasteiger partial charge in [-0.1, -0.05) is 6.92 Å². The lowest BCUT2D eigenvalue weighted by Crippen LogP contribution is -2.40. The number of fused-ring (bicyclic) bond motifs is 3. The average Bonchev–Trinajstić information content (AvgIpc) is 3.11. The summed E-state index contributed by atoms with van der Waals surface area (Å²) in [5.74, 6) is 2.24. The molecule has 4 rings (SSSR count). The van der Waals surface area contributed by atoms with Crippen LogP contribution in [0.3, 0.4) is 0 Å². The van der Waals surface area contributed by atoms with E-state index in [1.807, 2.05) is 27.7 Å². The number of ether oxygens (including phenoxy) is 2. The zero-order chi connectivity index (χ0) is 20.9. The molecular weight excluding hydrogens is 374 g/mol. The third-order valence-electron chi connectivity index (χ3n) is 5.44. The third kappa shape index (κ3) is 2.80. The Morgan fingerprint density at radius 2 is 1.93 bits per heavy atom. The summed E-state index contributed by atoms with van der Waals surface area (Å²) in [6.07, 6.45) is 0. The van der Waals surface area contributed by atoms with E-state index in [0.29, 0.717) is 48.2 Å². The molecule has 2 aromatic heterocycles. The van der Waals surface area contributed by atoms with Crippen LogP contribution in [-0.4, -0.2) is 39.4 Å². The van der Waals surface area contributed by atoms with E-state index in [9.17, 15) is 9.59 Å². The van der Waals surface area contributed by atoms with Gasteiger partial charge < -0.3 is 18.9 Å². The van der Waals surface area contributed by atoms with Crippen molar-refractivity contribution < 1.29 is 9.47 Å². The van der Waals surface area contributed by atoms with Gasteiger partial charge in [-0.2, -0.15) is 4.98 Å². The lowest BCUT2D eigenvalue weighted by molar-refractivity contribution is 0.399. The third-order valence-corrected chi connectivity index (χ3v) is 5.44. The van der Waals surface area contributed by atoms with E-state index >= 15 is 0 Å². The molecule has 0 spiro atoms. The number of rotatable bonds is 4. The molecule has 0 unspecified atom stereocenters. The number of methoxy groups -OCH3 is 2. The number of benzene rings is 1. The second kappa shape index (κ2) is 6.98. The van der Waals surface area contributed by atoms with Crippen LogP contribution >= 0.6 is 0 Å². The minimum Gasteiger partial charge on any atom is -0.497 e. The van der Waals surface area contributed by atoms with Crippen molar-refractivity contribution in [3.05, 3.63) is 39.0 Å². The van der Waals surface area contributed by atoms with Crippen LogP contribution in [0.2, 0.25) is 0 Å². The van der Waals surface area contributed by atoms with Crippen LogP contribution in [0.5, 0.6) is 11.5 Å². The van der Waals surface area contributed by atoms with Crippen molar-refractivity contribution in [3.8, 4) is 11.5 Å². The Labute approximate surface area is 167 Å². The maximum atomic E-state index is 13.1. The lowest BCUT2D eigenvalue weighted by Gasteiger charge is -2.33. The van der Waals surface area contributed by atoms with Crippen LogP contribution in [0.15, 0.2) is 27.8 Å². The number of aryl methyl sites for hydroxylation is 1. The molecule has 1 aliphatic heterocycles. The monoisotopic (exact) mass is 399 g/mol. The van der Waals surface area contributed by atoms with Gasteiger partial charge in [-0.3, -0.25) is 13.9 Å². The van der Waals surface area contributed by atoms with Crippen LogP contribution in [0.1, 0.15) is 13.8 Å². The largest absolute Gasteiger partial charge is 0.497 e. The topological polar surface area (TPSA) is 83.5 Å². The SMILES string of the molecule is CCn1c(=O)c2c(nc3n2C[C@@H](C)CN3c2cc(OC)ccc2OC)n(C)c1=O. The molecule has 29 heavy (non-hydrogen) atoms. The molecule has 0 radical (unpaired) electrons. The van der Waals surface area contributed by atoms with Crippen LogP contribution in [0, 0.1) is 5.92 Å². The molecule has 0 N–H and O–H groups in total. The van der Waals surface area contributed by atoms with E-state index in [1.54, 1.807) is 28.2 Å². The first kappa shape index (κ1) is 19.1. The van der Waals surface area contributed by atoms with Gasteiger partial charge in [0.2, 0.25) is 5.95 Å². The van der Waals surface area contributed by atoms with Crippen LogP contribution in [0.25, 0.3) is 11.2 Å². The van der Waals surface area contributed by atoms with E-state index in [-0.39, 0.29) is 17.2 Å². The first-order chi connectivity index (χ1) is 13.9. The van der Waals surface area contributed by atoms with Gasteiger partial charge in [0.25, 0.3) is 5.56 Å². The van der Waals surface area contributed by atoms with Gasteiger partial charge in [-0.05, 0) is 25.0 Å². The molecule has 0 fully saturated rings. The summed E-state index contributed by atoms with van der Waals surface area (Å²) in [6.45, 7) is 5.56. The Kier molecular flexibility index (Phi) is 4.60. The molecule has 3 heterocycles. The van der Waals surface area contributed by atoms with E-state index < -0.39 is 0 Å². The highest BCUT2D eigenvalue weighted by molar-refractivity contribution is 5.78. The molecule has 0 bridgehead atoms. The summed E-state index contributed by atoms with van der Waals surface area (Å²) in [7, 11) is 4.88. The summed E-state index contributed by atoms with van der Waals surface area (Å²) >= 11 is 0. The molecule has 3 aromatic rings. The summed E-state index contributed by atoms with van der Waals surface area (Å²) in [6, 6.07) is 5.58.